The van der Waals surface area contributed by atoms with Crippen LogP contribution in [-0.4, -0.2) is 37.4 Å². The van der Waals surface area contributed by atoms with Gasteiger partial charge >= 0.3 is 0 Å². The molecule has 36 heavy (non-hydrogen) atoms. The molecular formula is C28H32N4O4. The predicted octanol–water partition coefficient (Wildman–Crippen LogP) is 4.49. The van der Waals surface area contributed by atoms with Gasteiger partial charge in [-0.2, -0.15) is 0 Å². The van der Waals surface area contributed by atoms with Crippen LogP contribution in [0.15, 0.2) is 50.3 Å². The average molecular weight is 489 g/mol. The van der Waals surface area contributed by atoms with E-state index in [4.69, 9.17) is 0 Å². The van der Waals surface area contributed by atoms with E-state index < -0.39 is 0 Å². The Morgan fingerprint density at radius 2 is 0.972 bits per heavy atom. The van der Waals surface area contributed by atoms with Crippen molar-refractivity contribution in [2.45, 2.75) is 66.0 Å². The van der Waals surface area contributed by atoms with Crippen molar-refractivity contribution in [1.29, 1.82) is 0 Å². The second-order valence-electron chi connectivity index (χ2n) is 7.72. The van der Waals surface area contributed by atoms with Crippen molar-refractivity contribution in [3.8, 4) is 0 Å². The van der Waals surface area contributed by atoms with Crippen LogP contribution in [0.25, 0.3) is 0 Å². The summed E-state index contributed by atoms with van der Waals surface area (Å²) >= 11 is 0. The molecule has 0 amide bonds. The molecule has 0 aliphatic heterocycles. The first-order valence-electron chi connectivity index (χ1n) is 12.0. The summed E-state index contributed by atoms with van der Waals surface area (Å²) in [7, 11) is 0. The molecule has 2 aromatic rings. The summed E-state index contributed by atoms with van der Waals surface area (Å²) in [6.45, 7) is 7.94. The largest absolute Gasteiger partial charge is 0.235 e. The topological polar surface area (TPSA) is 118 Å². The van der Waals surface area contributed by atoms with Gasteiger partial charge in [0.05, 0.1) is 26.2 Å². The normalized spacial score (nSPS) is 9.42. The fourth-order valence-corrected chi connectivity index (χ4v) is 4.16. The molecule has 0 atom stereocenters. The summed E-state index contributed by atoms with van der Waals surface area (Å²) in [6.07, 6.45) is 10.5. The zero-order valence-electron chi connectivity index (χ0n) is 21.2. The van der Waals surface area contributed by atoms with Crippen molar-refractivity contribution in [3.05, 3.63) is 69.3 Å². The molecule has 0 spiro atoms. The lowest BCUT2D eigenvalue weighted by molar-refractivity contribution is 0.561. The number of carbonyl (C=O) groups excluding carboxylic acids is 4. The molecule has 188 valence electrons. The number of isocyanates is 4. The third-order valence-corrected chi connectivity index (χ3v) is 5.79. The van der Waals surface area contributed by atoms with Gasteiger partial charge in [0, 0.05) is 0 Å². The molecule has 0 aliphatic rings. The van der Waals surface area contributed by atoms with Crippen LogP contribution in [-0.2, 0) is 64.4 Å². The Morgan fingerprint density at radius 3 is 1.31 bits per heavy atom. The maximum absolute atomic E-state index is 10.3. The van der Waals surface area contributed by atoms with Gasteiger partial charge in [-0.15, -0.1) is 0 Å². The van der Waals surface area contributed by atoms with E-state index in [1.807, 2.05) is 24.3 Å². The molecule has 2 aromatic carbocycles. The molecule has 0 saturated heterocycles. The quantitative estimate of drug-likeness (QED) is 0.305. The van der Waals surface area contributed by atoms with Gasteiger partial charge < -0.3 is 0 Å². The lowest BCUT2D eigenvalue weighted by Crippen LogP contribution is -2.10. The Balaban J connectivity index is 0.000000397. The van der Waals surface area contributed by atoms with Gasteiger partial charge in [-0.1, -0.05) is 51.1 Å². The molecule has 0 radical (unpaired) electrons. The molecule has 0 fully saturated rings. The lowest BCUT2D eigenvalue weighted by Gasteiger charge is -2.20. The minimum Gasteiger partial charge on any atom is -0.211 e. The van der Waals surface area contributed by atoms with Crippen LogP contribution >= 0.6 is 0 Å². The van der Waals surface area contributed by atoms with E-state index in [0.29, 0.717) is 13.1 Å². The minimum absolute atomic E-state index is 0.272. The van der Waals surface area contributed by atoms with Gasteiger partial charge in [0.15, 0.2) is 0 Å². The molecule has 8 heteroatoms. The molecule has 0 heterocycles. The van der Waals surface area contributed by atoms with Gasteiger partial charge in [-0.3, -0.25) is 0 Å². The smallest absolute Gasteiger partial charge is 0.211 e. The molecule has 0 bridgehead atoms. The number of aliphatic imine (C=N–C) groups is 4. The third-order valence-electron chi connectivity index (χ3n) is 5.79. The van der Waals surface area contributed by atoms with Crippen LogP contribution in [0, 0.1) is 0 Å². The summed E-state index contributed by atoms with van der Waals surface area (Å²) in [5.74, 6) is 0. The van der Waals surface area contributed by atoms with Crippen LogP contribution < -0.4 is 0 Å². The van der Waals surface area contributed by atoms with Crippen LogP contribution in [0.4, 0.5) is 0 Å². The highest BCUT2D eigenvalue weighted by Crippen LogP contribution is 2.27. The Kier molecular flexibility index (Phi) is 15.3. The van der Waals surface area contributed by atoms with Crippen molar-refractivity contribution in [2.24, 2.45) is 20.0 Å². The Bertz CT molecular complexity index is 1100. The standard InChI is InChI=1S/C18H24N2O2.C10H8N2O2/c1-4-14-11-15(5-2)18(8-10-20-13-22)16(6-3)17(14)7-9-19-12-21;13-7-11-5-9-3-1-2-4-10(9)6-12-8-14/h11H,4-10H2,1-3H3;1-4H,5-6H2. The molecule has 0 saturated carbocycles. The fourth-order valence-electron chi connectivity index (χ4n) is 4.16. The predicted molar refractivity (Wildman–Crippen MR) is 138 cm³/mol. The first-order valence-corrected chi connectivity index (χ1v) is 12.0. The van der Waals surface area contributed by atoms with Crippen LogP contribution in [0.5, 0.6) is 0 Å². The second kappa shape index (κ2) is 18.3. The van der Waals surface area contributed by atoms with E-state index in [2.05, 4.69) is 46.8 Å². The van der Waals surface area contributed by atoms with E-state index in [1.54, 1.807) is 12.2 Å². The molecule has 2 rings (SSSR count). The highest BCUT2D eigenvalue weighted by atomic mass is 16.1. The monoisotopic (exact) mass is 488 g/mol. The van der Waals surface area contributed by atoms with Crippen LogP contribution in [0.3, 0.4) is 0 Å². The summed E-state index contributed by atoms with van der Waals surface area (Å²) in [6, 6.07) is 9.60. The maximum atomic E-state index is 10.3. The molecule has 0 N–H and O–H groups in total. The number of rotatable bonds is 13. The SMILES string of the molecule is CCc1cc(CC)c(CCN=C=O)c(CC)c1CCN=C=O.O=C=NCc1ccccc1CN=C=O. The van der Waals surface area contributed by atoms with E-state index in [0.717, 1.165) is 43.2 Å². The summed E-state index contributed by atoms with van der Waals surface area (Å²) in [5, 5.41) is 0. The van der Waals surface area contributed by atoms with Crippen molar-refractivity contribution in [3.63, 3.8) is 0 Å². The number of aryl methyl sites for hydroxylation is 2. The Labute approximate surface area is 212 Å². The van der Waals surface area contributed by atoms with Crippen molar-refractivity contribution in [1.82, 2.24) is 0 Å². The molecule has 0 aromatic heterocycles. The number of nitrogens with zero attached hydrogens (tertiary/aromatic N) is 4. The van der Waals surface area contributed by atoms with Gasteiger partial charge in [-0.25, -0.2) is 39.1 Å². The second-order valence-corrected chi connectivity index (χ2v) is 7.72. The summed E-state index contributed by atoms with van der Waals surface area (Å²) in [4.78, 5) is 54.8. The van der Waals surface area contributed by atoms with E-state index in [1.165, 1.54) is 40.0 Å². The number of hydrogen-bond acceptors (Lipinski definition) is 8. The maximum Gasteiger partial charge on any atom is 0.235 e. The molecule has 0 aliphatic carbocycles. The molecule has 8 nitrogen and oxygen atoms in total. The van der Waals surface area contributed by atoms with Gasteiger partial charge in [0.25, 0.3) is 0 Å². The van der Waals surface area contributed by atoms with E-state index in [-0.39, 0.29) is 13.1 Å². The molecular weight excluding hydrogens is 456 g/mol. The van der Waals surface area contributed by atoms with E-state index >= 15 is 0 Å². The van der Waals surface area contributed by atoms with Gasteiger partial charge in [0.1, 0.15) is 0 Å². The molecule has 0 unspecified atom stereocenters. The van der Waals surface area contributed by atoms with Gasteiger partial charge in [-0.05, 0) is 71.0 Å². The van der Waals surface area contributed by atoms with Crippen LogP contribution in [0.2, 0.25) is 0 Å². The minimum atomic E-state index is 0.272. The number of hydrogen-bond donors (Lipinski definition) is 0. The first-order chi connectivity index (χ1) is 17.6. The highest BCUT2D eigenvalue weighted by molar-refractivity contribution is 5.47. The Hall–Kier alpha value is -4.04. The van der Waals surface area contributed by atoms with Crippen molar-refractivity contribution < 1.29 is 19.2 Å². The van der Waals surface area contributed by atoms with Crippen molar-refractivity contribution in [2.75, 3.05) is 13.1 Å². The summed E-state index contributed by atoms with van der Waals surface area (Å²) < 4.78 is 0. The van der Waals surface area contributed by atoms with Gasteiger partial charge in [0.2, 0.25) is 24.3 Å². The average Bonchev–Trinajstić information content (AvgIpc) is 2.91. The third kappa shape index (κ3) is 9.68. The number of benzene rings is 2. The van der Waals surface area contributed by atoms with Crippen LogP contribution in [0.1, 0.15) is 59.7 Å². The first kappa shape index (κ1) is 30.0. The fraction of sp³-hybridized carbons (Fsp3) is 0.429. The Morgan fingerprint density at radius 1 is 0.556 bits per heavy atom. The zero-order valence-corrected chi connectivity index (χ0v) is 21.2. The van der Waals surface area contributed by atoms with E-state index in [9.17, 15) is 19.2 Å². The lowest BCUT2D eigenvalue weighted by atomic mass is 9.85. The van der Waals surface area contributed by atoms with Crippen molar-refractivity contribution >= 4 is 24.3 Å². The summed E-state index contributed by atoms with van der Waals surface area (Å²) in [5.41, 5.74) is 8.33. The highest BCUT2D eigenvalue weighted by Gasteiger charge is 2.15. The zero-order chi connectivity index (χ0) is 26.6.